The second-order valence-corrected chi connectivity index (χ2v) is 9.10. The summed E-state index contributed by atoms with van der Waals surface area (Å²) in [5.41, 5.74) is -1.73. The Morgan fingerprint density at radius 1 is 1.28 bits per heavy atom. The number of halogens is 3. The maximum Gasteiger partial charge on any atom is 0.137 e. The van der Waals surface area contributed by atoms with E-state index in [1.54, 1.807) is 13.0 Å². The standard InChI is InChI=1S/C19H15ClF2N4OS2/c1-11(28-18-14-6-12(20)2-5-17(14)29-25-18)19(27,8-26-10-23-9-24-26)15-4-3-13(21)7-16(15)22/h2-7,9-11,27H,8H2,1H3/t11-,19-/m1/s1. The third kappa shape index (κ3) is 4.00. The van der Waals surface area contributed by atoms with E-state index in [1.165, 1.54) is 46.7 Å². The summed E-state index contributed by atoms with van der Waals surface area (Å²) in [6.45, 7) is 1.70. The fraction of sp³-hybridized carbons (Fsp3) is 0.211. The molecule has 0 saturated carbocycles. The monoisotopic (exact) mass is 452 g/mol. The maximum absolute atomic E-state index is 14.6. The normalized spacial score (nSPS) is 14.8. The molecule has 1 N–H and O–H groups in total. The summed E-state index contributed by atoms with van der Waals surface area (Å²) in [6, 6.07) is 8.62. The third-order valence-corrected chi connectivity index (χ3v) is 7.08. The lowest BCUT2D eigenvalue weighted by molar-refractivity contribution is 0.0133. The van der Waals surface area contributed by atoms with E-state index >= 15 is 0 Å². The van der Waals surface area contributed by atoms with Crippen LogP contribution < -0.4 is 0 Å². The van der Waals surface area contributed by atoms with Crippen LogP contribution in [0.15, 0.2) is 54.1 Å². The highest BCUT2D eigenvalue weighted by Crippen LogP contribution is 2.42. The van der Waals surface area contributed by atoms with E-state index in [2.05, 4.69) is 14.5 Å². The van der Waals surface area contributed by atoms with Gasteiger partial charge in [0, 0.05) is 27.3 Å². The molecule has 5 nitrogen and oxygen atoms in total. The summed E-state index contributed by atoms with van der Waals surface area (Å²) in [5.74, 6) is -1.54. The molecule has 150 valence electrons. The summed E-state index contributed by atoms with van der Waals surface area (Å²) < 4.78 is 34.9. The van der Waals surface area contributed by atoms with Crippen LogP contribution in [0.3, 0.4) is 0 Å². The van der Waals surface area contributed by atoms with Gasteiger partial charge in [-0.2, -0.15) is 9.47 Å². The fourth-order valence-electron chi connectivity index (χ4n) is 3.07. The highest BCUT2D eigenvalue weighted by Gasteiger charge is 2.40. The average Bonchev–Trinajstić information content (AvgIpc) is 3.31. The van der Waals surface area contributed by atoms with Gasteiger partial charge in [-0.05, 0) is 42.7 Å². The molecular formula is C19H15ClF2N4OS2. The lowest BCUT2D eigenvalue weighted by Crippen LogP contribution is -2.41. The number of aliphatic hydroxyl groups is 1. The largest absolute Gasteiger partial charge is 0.382 e. The number of rotatable bonds is 6. The number of fused-ring (bicyclic) bond motifs is 1. The number of aromatic nitrogens is 4. The second-order valence-electron chi connectivity index (χ2n) is 6.53. The molecule has 0 unspecified atom stereocenters. The van der Waals surface area contributed by atoms with Gasteiger partial charge in [-0.1, -0.05) is 29.4 Å². The van der Waals surface area contributed by atoms with E-state index in [4.69, 9.17) is 11.6 Å². The van der Waals surface area contributed by atoms with Crippen molar-refractivity contribution in [1.29, 1.82) is 0 Å². The van der Waals surface area contributed by atoms with Crippen molar-refractivity contribution in [3.8, 4) is 0 Å². The zero-order valence-corrected chi connectivity index (χ0v) is 17.5. The van der Waals surface area contributed by atoms with E-state index in [9.17, 15) is 13.9 Å². The first-order chi connectivity index (χ1) is 13.9. The Kier molecular flexibility index (Phi) is 5.56. The van der Waals surface area contributed by atoms with Crippen LogP contribution in [0.25, 0.3) is 10.1 Å². The van der Waals surface area contributed by atoms with E-state index in [0.717, 1.165) is 22.2 Å². The van der Waals surface area contributed by atoms with E-state index in [-0.39, 0.29) is 12.1 Å². The summed E-state index contributed by atoms with van der Waals surface area (Å²) in [7, 11) is 0. The minimum absolute atomic E-state index is 0.0213. The van der Waals surface area contributed by atoms with Crippen molar-refractivity contribution in [3.05, 3.63) is 71.3 Å². The second kappa shape index (κ2) is 7.98. The predicted molar refractivity (Wildman–Crippen MR) is 110 cm³/mol. The van der Waals surface area contributed by atoms with Gasteiger partial charge in [-0.3, -0.25) is 0 Å². The molecule has 2 aromatic carbocycles. The molecule has 0 radical (unpaired) electrons. The molecule has 0 fully saturated rings. The molecule has 0 bridgehead atoms. The zero-order valence-electron chi connectivity index (χ0n) is 15.1. The van der Waals surface area contributed by atoms with Crippen molar-refractivity contribution in [2.24, 2.45) is 0 Å². The third-order valence-electron chi connectivity index (χ3n) is 4.63. The van der Waals surface area contributed by atoms with Crippen LogP contribution in [0.4, 0.5) is 8.78 Å². The Morgan fingerprint density at radius 3 is 2.83 bits per heavy atom. The summed E-state index contributed by atoms with van der Waals surface area (Å²) in [5, 5.41) is 17.2. The minimum atomic E-state index is -1.70. The molecule has 0 aliphatic rings. The molecule has 0 saturated heterocycles. The lowest BCUT2D eigenvalue weighted by atomic mass is 9.90. The quantitative estimate of drug-likeness (QED) is 0.422. The molecule has 29 heavy (non-hydrogen) atoms. The highest BCUT2D eigenvalue weighted by molar-refractivity contribution is 8.00. The molecule has 4 aromatic rings. The molecular weight excluding hydrogens is 438 g/mol. The van der Waals surface area contributed by atoms with Crippen LogP contribution in [-0.2, 0) is 12.1 Å². The predicted octanol–water partition coefficient (Wildman–Crippen LogP) is 4.89. The van der Waals surface area contributed by atoms with Crippen molar-refractivity contribution in [1.82, 2.24) is 19.1 Å². The van der Waals surface area contributed by atoms with Gasteiger partial charge in [0.25, 0.3) is 0 Å². The zero-order chi connectivity index (χ0) is 20.6. The van der Waals surface area contributed by atoms with Gasteiger partial charge < -0.3 is 5.11 Å². The van der Waals surface area contributed by atoms with Gasteiger partial charge in [0.2, 0.25) is 0 Å². The van der Waals surface area contributed by atoms with E-state index in [1.807, 2.05) is 12.1 Å². The molecule has 0 spiro atoms. The lowest BCUT2D eigenvalue weighted by Gasteiger charge is -2.34. The number of benzene rings is 2. The highest BCUT2D eigenvalue weighted by atomic mass is 35.5. The Labute approximate surface area is 178 Å². The van der Waals surface area contributed by atoms with Gasteiger partial charge in [-0.25, -0.2) is 18.4 Å². The Bertz CT molecular complexity index is 1150. The first-order valence-electron chi connectivity index (χ1n) is 8.59. The van der Waals surface area contributed by atoms with Gasteiger partial charge in [-0.15, -0.1) is 0 Å². The number of nitrogens with zero attached hydrogens (tertiary/aromatic N) is 4. The van der Waals surface area contributed by atoms with Crippen LogP contribution in [0, 0.1) is 11.6 Å². The number of thioether (sulfide) groups is 1. The topological polar surface area (TPSA) is 63.8 Å². The molecule has 4 rings (SSSR count). The Balaban J connectivity index is 1.74. The molecule has 0 aliphatic carbocycles. The van der Waals surface area contributed by atoms with Crippen molar-refractivity contribution in [2.45, 2.75) is 29.3 Å². The Hall–Kier alpha value is -2.07. The first kappa shape index (κ1) is 20.2. The van der Waals surface area contributed by atoms with Crippen LogP contribution in [0.2, 0.25) is 5.02 Å². The molecule has 2 atom stereocenters. The van der Waals surface area contributed by atoms with Crippen LogP contribution in [0.1, 0.15) is 12.5 Å². The Morgan fingerprint density at radius 2 is 2.10 bits per heavy atom. The maximum atomic E-state index is 14.6. The van der Waals surface area contributed by atoms with Crippen LogP contribution >= 0.6 is 34.9 Å². The van der Waals surface area contributed by atoms with Crippen molar-refractivity contribution < 1.29 is 13.9 Å². The van der Waals surface area contributed by atoms with Crippen molar-refractivity contribution >= 4 is 45.0 Å². The molecule has 2 heterocycles. The van der Waals surface area contributed by atoms with E-state index < -0.39 is 22.5 Å². The van der Waals surface area contributed by atoms with Crippen LogP contribution in [-0.4, -0.2) is 29.5 Å². The first-order valence-corrected chi connectivity index (χ1v) is 10.6. The summed E-state index contributed by atoms with van der Waals surface area (Å²) >= 11 is 8.73. The average molecular weight is 453 g/mol. The number of hydrogen-bond donors (Lipinski definition) is 1. The van der Waals surface area contributed by atoms with Crippen molar-refractivity contribution in [2.75, 3.05) is 0 Å². The van der Waals surface area contributed by atoms with Gasteiger partial charge in [0.05, 0.1) is 11.2 Å². The summed E-state index contributed by atoms with van der Waals surface area (Å²) in [4.78, 5) is 3.88. The number of hydrogen-bond acceptors (Lipinski definition) is 6. The molecule has 2 aromatic heterocycles. The van der Waals surface area contributed by atoms with Gasteiger partial charge in [0.1, 0.15) is 34.9 Å². The van der Waals surface area contributed by atoms with E-state index in [0.29, 0.717) is 10.0 Å². The van der Waals surface area contributed by atoms with Crippen molar-refractivity contribution in [3.63, 3.8) is 0 Å². The summed E-state index contributed by atoms with van der Waals surface area (Å²) in [6.07, 6.45) is 2.76. The van der Waals surface area contributed by atoms with Crippen LogP contribution in [0.5, 0.6) is 0 Å². The SMILES string of the molecule is C[C@@H](Sc1nsc2ccc(Cl)cc12)[C@](O)(Cn1cncn1)c1ccc(F)cc1F. The van der Waals surface area contributed by atoms with Gasteiger partial charge in [0.15, 0.2) is 0 Å². The smallest absolute Gasteiger partial charge is 0.137 e. The molecule has 0 amide bonds. The minimum Gasteiger partial charge on any atom is -0.382 e. The molecule has 10 heteroatoms. The molecule has 0 aliphatic heterocycles. The van der Waals surface area contributed by atoms with Gasteiger partial charge >= 0.3 is 0 Å². The fourth-order valence-corrected chi connectivity index (χ4v) is 5.28.